The third-order valence-electron chi connectivity index (χ3n) is 5.33. The van der Waals surface area contributed by atoms with Gasteiger partial charge in [0.25, 0.3) is 0 Å². The van der Waals surface area contributed by atoms with Gasteiger partial charge >= 0.3 is 0 Å². The molecule has 7 heteroatoms. The van der Waals surface area contributed by atoms with Gasteiger partial charge in [-0.3, -0.25) is 0 Å². The first-order chi connectivity index (χ1) is 13.8. The highest BCUT2D eigenvalue weighted by atomic mass is 32.2. The average molecular weight is 413 g/mol. The minimum Gasteiger partial charge on any atom is -0.397 e. The number of nitrogen functional groups attached to an aromatic ring is 2. The van der Waals surface area contributed by atoms with E-state index in [0.717, 1.165) is 40.4 Å². The molecule has 0 bridgehead atoms. The van der Waals surface area contributed by atoms with E-state index in [1.165, 1.54) is 12.1 Å². The lowest BCUT2D eigenvalue weighted by Crippen LogP contribution is -2.04. The van der Waals surface area contributed by atoms with Crippen LogP contribution in [0.15, 0.2) is 40.8 Å². The van der Waals surface area contributed by atoms with Crippen molar-refractivity contribution in [3.63, 3.8) is 0 Å². The zero-order valence-electron chi connectivity index (χ0n) is 16.6. The second-order valence-electron chi connectivity index (χ2n) is 7.86. The maximum Gasteiger partial charge on any atom is 0.169 e. The zero-order valence-corrected chi connectivity index (χ0v) is 17.4. The van der Waals surface area contributed by atoms with Crippen LogP contribution in [0.5, 0.6) is 0 Å². The Bertz CT molecular complexity index is 1200. The number of nitrogens with zero attached hydrogens (tertiary/aromatic N) is 2. The van der Waals surface area contributed by atoms with Gasteiger partial charge < -0.3 is 11.5 Å². The lowest BCUT2D eigenvalue weighted by Gasteiger charge is -2.18. The van der Waals surface area contributed by atoms with Crippen LogP contribution in [0.2, 0.25) is 0 Å². The fourth-order valence-electron chi connectivity index (χ4n) is 3.81. The molecule has 152 valence electrons. The molecular weight excluding hydrogens is 387 g/mol. The van der Waals surface area contributed by atoms with E-state index in [1.54, 1.807) is 18.2 Å². The number of nitrogens with two attached hydrogens (primary N) is 2. The number of benzene rings is 2. The van der Waals surface area contributed by atoms with Crippen molar-refractivity contribution < 1.29 is 8.60 Å². The highest BCUT2D eigenvalue weighted by Gasteiger charge is 2.22. The van der Waals surface area contributed by atoms with Crippen LogP contribution in [-0.4, -0.2) is 20.7 Å². The molecule has 4 N–H and O–H groups in total. The van der Waals surface area contributed by atoms with E-state index in [9.17, 15) is 8.60 Å². The van der Waals surface area contributed by atoms with Crippen LogP contribution in [0.25, 0.3) is 21.9 Å². The monoisotopic (exact) mass is 412 g/mol. The largest absolute Gasteiger partial charge is 0.397 e. The van der Waals surface area contributed by atoms with Crippen LogP contribution < -0.4 is 11.5 Å². The van der Waals surface area contributed by atoms with Gasteiger partial charge in [0, 0.05) is 22.5 Å². The quantitative estimate of drug-likeness (QED) is 0.577. The Labute approximate surface area is 170 Å². The highest BCUT2D eigenvalue weighted by Crippen LogP contribution is 2.41. The summed E-state index contributed by atoms with van der Waals surface area (Å²) < 4.78 is 31.3. The highest BCUT2D eigenvalue weighted by molar-refractivity contribution is 7.93. The molecule has 0 radical (unpaired) electrons. The fourth-order valence-corrected chi connectivity index (χ4v) is 5.96. The van der Waals surface area contributed by atoms with Gasteiger partial charge in [-0.1, -0.05) is 26.0 Å². The fraction of sp³-hybridized carbons (Fsp3) is 0.318. The molecule has 0 amide bonds. The number of fused-ring (bicyclic) bond motifs is 1. The van der Waals surface area contributed by atoms with Crippen LogP contribution in [0.4, 0.5) is 21.6 Å². The Morgan fingerprint density at radius 1 is 1.03 bits per heavy atom. The molecule has 0 aliphatic carbocycles. The van der Waals surface area contributed by atoms with Gasteiger partial charge in [-0.25, -0.2) is 13.6 Å². The number of anilines is 2. The Morgan fingerprint density at radius 3 is 2.21 bits per heavy atom. The number of rotatable bonds is 3. The molecule has 5 nitrogen and oxygen atoms in total. The Morgan fingerprint density at radius 2 is 1.62 bits per heavy atom. The van der Waals surface area contributed by atoms with Crippen molar-refractivity contribution in [1.29, 1.82) is 0 Å². The van der Waals surface area contributed by atoms with Crippen LogP contribution in [0, 0.1) is 5.82 Å². The smallest absolute Gasteiger partial charge is 0.169 e. The Kier molecular flexibility index (Phi) is 4.94. The first-order valence-electron chi connectivity index (χ1n) is 9.78. The second kappa shape index (κ2) is 7.30. The molecular formula is C22H25FN4OS. The van der Waals surface area contributed by atoms with Gasteiger partial charge in [-0.05, 0) is 54.0 Å². The number of aromatic nitrogens is 1. The first kappa shape index (κ1) is 19.6. The number of pyridine rings is 1. The molecule has 0 unspecified atom stereocenters. The van der Waals surface area contributed by atoms with E-state index in [1.807, 2.05) is 19.9 Å². The molecule has 3 aromatic rings. The molecule has 1 saturated heterocycles. The third kappa shape index (κ3) is 3.67. The molecule has 1 fully saturated rings. The summed E-state index contributed by atoms with van der Waals surface area (Å²) in [6.07, 6.45) is 1.83. The van der Waals surface area contributed by atoms with Gasteiger partial charge in [-0.15, -0.1) is 0 Å². The van der Waals surface area contributed by atoms with Crippen LogP contribution in [-0.2, 0) is 9.73 Å². The minimum atomic E-state index is -2.31. The molecule has 2 aromatic carbocycles. The average Bonchev–Trinajstić information content (AvgIpc) is 3.10. The Hall–Kier alpha value is -2.67. The molecule has 29 heavy (non-hydrogen) atoms. The standard InChI is InChI=1S/C22H25FN4OS/c1-13(2)21-20(14-5-7-15(23)8-6-14)16-11-18(24)19(25)12-17(16)22(26-21)27-29(28)9-3-4-10-29/h5-8,11-13H,3-4,9-10,24-25H2,1-2H3. The van der Waals surface area contributed by atoms with E-state index in [4.69, 9.17) is 16.5 Å². The topological polar surface area (TPSA) is 94.4 Å². The van der Waals surface area contributed by atoms with Gasteiger partial charge in [-0.2, -0.15) is 4.36 Å². The Balaban J connectivity index is 2.11. The van der Waals surface area contributed by atoms with Crippen LogP contribution in [0.1, 0.15) is 38.3 Å². The molecule has 1 aliphatic rings. The predicted octanol–water partition coefficient (Wildman–Crippen LogP) is 5.22. The SMILES string of the molecule is CC(C)c1nc(N=S2(=O)CCCC2)c2cc(N)c(N)cc2c1-c1ccc(F)cc1. The second-order valence-corrected chi connectivity index (χ2v) is 10.4. The summed E-state index contributed by atoms with van der Waals surface area (Å²) in [6, 6.07) is 9.90. The van der Waals surface area contributed by atoms with E-state index >= 15 is 0 Å². The van der Waals surface area contributed by atoms with Crippen LogP contribution in [0.3, 0.4) is 0 Å². The number of hydrogen-bond acceptors (Lipinski definition) is 5. The van der Waals surface area contributed by atoms with Crippen molar-refractivity contribution in [2.75, 3.05) is 23.0 Å². The van der Waals surface area contributed by atoms with Gasteiger partial charge in [0.1, 0.15) is 5.82 Å². The van der Waals surface area contributed by atoms with E-state index in [0.29, 0.717) is 28.7 Å². The van der Waals surface area contributed by atoms with Crippen molar-refractivity contribution in [3.05, 3.63) is 47.9 Å². The summed E-state index contributed by atoms with van der Waals surface area (Å²) in [7, 11) is -2.31. The zero-order chi connectivity index (χ0) is 20.8. The molecule has 0 saturated carbocycles. The molecule has 2 heterocycles. The molecule has 4 rings (SSSR count). The van der Waals surface area contributed by atoms with Crippen molar-refractivity contribution in [1.82, 2.24) is 4.98 Å². The maximum atomic E-state index is 13.5. The van der Waals surface area contributed by atoms with E-state index in [2.05, 4.69) is 4.36 Å². The summed E-state index contributed by atoms with van der Waals surface area (Å²) in [5, 5.41) is 1.55. The van der Waals surface area contributed by atoms with Crippen molar-refractivity contribution in [2.24, 2.45) is 4.36 Å². The lowest BCUT2D eigenvalue weighted by molar-refractivity contribution is 0.628. The predicted molar refractivity (Wildman–Crippen MR) is 119 cm³/mol. The van der Waals surface area contributed by atoms with E-state index < -0.39 is 9.73 Å². The van der Waals surface area contributed by atoms with Crippen LogP contribution >= 0.6 is 0 Å². The number of halogens is 1. The van der Waals surface area contributed by atoms with Gasteiger partial charge in [0.2, 0.25) is 0 Å². The molecule has 1 aromatic heterocycles. The van der Waals surface area contributed by atoms with E-state index in [-0.39, 0.29) is 11.7 Å². The molecule has 0 spiro atoms. The van der Waals surface area contributed by atoms with Gasteiger partial charge in [0.05, 0.1) is 26.8 Å². The normalized spacial score (nSPS) is 15.9. The van der Waals surface area contributed by atoms with Crippen molar-refractivity contribution in [3.8, 4) is 11.1 Å². The third-order valence-corrected chi connectivity index (χ3v) is 7.68. The molecule has 1 aliphatic heterocycles. The van der Waals surface area contributed by atoms with Crippen molar-refractivity contribution in [2.45, 2.75) is 32.6 Å². The van der Waals surface area contributed by atoms with Gasteiger partial charge in [0.15, 0.2) is 5.82 Å². The summed E-state index contributed by atoms with van der Waals surface area (Å²) in [6.45, 7) is 4.09. The summed E-state index contributed by atoms with van der Waals surface area (Å²) in [5.74, 6) is 1.42. The maximum absolute atomic E-state index is 13.5. The minimum absolute atomic E-state index is 0.0772. The first-order valence-corrected chi connectivity index (χ1v) is 11.6. The summed E-state index contributed by atoms with van der Waals surface area (Å²) in [5.41, 5.74) is 15.6. The number of hydrogen-bond donors (Lipinski definition) is 2. The summed E-state index contributed by atoms with van der Waals surface area (Å²) in [4.78, 5) is 4.84. The summed E-state index contributed by atoms with van der Waals surface area (Å²) >= 11 is 0. The lowest BCUT2D eigenvalue weighted by atomic mass is 9.92. The van der Waals surface area contributed by atoms with Crippen molar-refractivity contribution >= 4 is 37.7 Å². The molecule has 0 atom stereocenters.